The molecule has 1 aliphatic carbocycles. The molecule has 34 heavy (non-hydrogen) atoms. The maximum atomic E-state index is 12.1. The highest BCUT2D eigenvalue weighted by Crippen LogP contribution is 2.39. The maximum absolute atomic E-state index is 12.1. The number of carboxylic acids is 1. The van der Waals surface area contributed by atoms with Gasteiger partial charge >= 0.3 is 5.97 Å². The standard InChI is InChI=1S/C26H27BrN4O3/c1-30-13-12-19(29-30)16-34-20-10-11-23-24(14-20)31(15-17-6-8-18(27)9-7-17)25(28-23)21-4-2-3-5-22(21)26(32)33/h6-14,21-22H,2-5,15-16H2,1H3,(H,32,33)/t21-,22+/m1/s1. The number of benzene rings is 2. The molecule has 1 N–H and O–H groups in total. The first kappa shape index (κ1) is 22.7. The second-order valence-corrected chi connectivity index (χ2v) is 9.85. The van der Waals surface area contributed by atoms with Crippen molar-refractivity contribution in [2.45, 2.75) is 44.8 Å². The van der Waals surface area contributed by atoms with Gasteiger partial charge in [-0.25, -0.2) is 4.98 Å². The van der Waals surface area contributed by atoms with Gasteiger partial charge in [-0.05, 0) is 48.7 Å². The van der Waals surface area contributed by atoms with Crippen LogP contribution in [0.3, 0.4) is 0 Å². The Morgan fingerprint density at radius 2 is 1.94 bits per heavy atom. The predicted molar refractivity (Wildman–Crippen MR) is 133 cm³/mol. The van der Waals surface area contributed by atoms with Crippen molar-refractivity contribution in [2.75, 3.05) is 0 Å². The Bertz CT molecular complexity index is 1310. The van der Waals surface area contributed by atoms with E-state index in [0.29, 0.717) is 19.6 Å². The van der Waals surface area contributed by atoms with E-state index >= 15 is 0 Å². The molecule has 8 heteroatoms. The SMILES string of the molecule is Cn1ccc(COc2ccc3nc([C@@H]4CCCC[C@@H]4C(=O)O)n(Cc4ccc(Br)cc4)c3c2)n1. The van der Waals surface area contributed by atoms with Crippen LogP contribution in [0.2, 0.25) is 0 Å². The van der Waals surface area contributed by atoms with Crippen molar-refractivity contribution >= 4 is 32.9 Å². The number of carboxylic acid groups (broad SMARTS) is 1. The summed E-state index contributed by atoms with van der Waals surface area (Å²) >= 11 is 3.50. The van der Waals surface area contributed by atoms with Crippen molar-refractivity contribution in [3.8, 4) is 5.75 Å². The van der Waals surface area contributed by atoms with Crippen LogP contribution in [0.15, 0.2) is 59.2 Å². The molecule has 1 fully saturated rings. The number of halogens is 1. The number of fused-ring (bicyclic) bond motifs is 1. The fourth-order valence-electron chi connectivity index (χ4n) is 4.87. The van der Waals surface area contributed by atoms with E-state index in [1.807, 2.05) is 49.6 Å². The molecule has 2 aromatic carbocycles. The Morgan fingerprint density at radius 3 is 2.68 bits per heavy atom. The zero-order valence-corrected chi connectivity index (χ0v) is 20.6. The lowest BCUT2D eigenvalue weighted by molar-refractivity contribution is -0.143. The Kier molecular flexibility index (Phi) is 6.41. The molecule has 7 nitrogen and oxygen atoms in total. The summed E-state index contributed by atoms with van der Waals surface area (Å²) in [6, 6.07) is 16.0. The van der Waals surface area contributed by atoms with Crippen molar-refractivity contribution in [1.82, 2.24) is 19.3 Å². The van der Waals surface area contributed by atoms with Crippen LogP contribution in [-0.2, 0) is 25.0 Å². The minimum Gasteiger partial charge on any atom is -0.487 e. The van der Waals surface area contributed by atoms with E-state index in [0.717, 1.165) is 57.6 Å². The minimum absolute atomic E-state index is 0.105. The first-order valence-electron chi connectivity index (χ1n) is 11.6. The molecule has 0 spiro atoms. The molecule has 2 aromatic heterocycles. The number of aromatic nitrogens is 4. The molecule has 0 unspecified atom stereocenters. The first-order valence-corrected chi connectivity index (χ1v) is 12.4. The van der Waals surface area contributed by atoms with Crippen LogP contribution in [0.25, 0.3) is 11.0 Å². The fourth-order valence-corrected chi connectivity index (χ4v) is 5.13. The van der Waals surface area contributed by atoms with Crippen LogP contribution in [0.4, 0.5) is 0 Å². The third kappa shape index (κ3) is 4.73. The van der Waals surface area contributed by atoms with Gasteiger partial charge in [0.2, 0.25) is 0 Å². The molecule has 1 aliphatic rings. The van der Waals surface area contributed by atoms with Crippen LogP contribution in [0, 0.1) is 5.92 Å². The zero-order valence-electron chi connectivity index (χ0n) is 19.0. The highest BCUT2D eigenvalue weighted by Gasteiger charge is 2.35. The first-order chi connectivity index (χ1) is 16.5. The quantitative estimate of drug-likeness (QED) is 0.345. The molecular weight excluding hydrogens is 496 g/mol. The van der Waals surface area contributed by atoms with Gasteiger partial charge in [0.15, 0.2) is 0 Å². The lowest BCUT2D eigenvalue weighted by Gasteiger charge is -2.28. The summed E-state index contributed by atoms with van der Waals surface area (Å²) in [5.74, 6) is 0.347. The summed E-state index contributed by atoms with van der Waals surface area (Å²) in [4.78, 5) is 17.0. The summed E-state index contributed by atoms with van der Waals surface area (Å²) in [5, 5.41) is 14.3. The number of aryl methyl sites for hydroxylation is 1. The molecule has 5 rings (SSSR count). The molecule has 176 valence electrons. The molecule has 1 saturated carbocycles. The molecule has 0 amide bonds. The van der Waals surface area contributed by atoms with Gasteiger partial charge in [-0.15, -0.1) is 0 Å². The number of hydrogen-bond donors (Lipinski definition) is 1. The van der Waals surface area contributed by atoms with E-state index in [9.17, 15) is 9.90 Å². The van der Waals surface area contributed by atoms with E-state index in [2.05, 4.69) is 37.7 Å². The van der Waals surface area contributed by atoms with E-state index in [1.165, 1.54) is 0 Å². The Hall–Kier alpha value is -3.13. The van der Waals surface area contributed by atoms with Crippen LogP contribution in [-0.4, -0.2) is 30.4 Å². The van der Waals surface area contributed by atoms with Crippen LogP contribution in [0.1, 0.15) is 48.7 Å². The third-order valence-corrected chi connectivity index (χ3v) is 7.10. The number of ether oxygens (including phenoxy) is 1. The van der Waals surface area contributed by atoms with Gasteiger partial charge in [0.1, 0.15) is 18.2 Å². The van der Waals surface area contributed by atoms with Crippen LogP contribution >= 0.6 is 15.9 Å². The Balaban J connectivity index is 1.54. The lowest BCUT2D eigenvalue weighted by atomic mass is 9.78. The third-order valence-electron chi connectivity index (χ3n) is 6.57. The topological polar surface area (TPSA) is 82.2 Å². The molecule has 0 bridgehead atoms. The number of imidazole rings is 1. The number of carbonyl (C=O) groups is 1. The van der Waals surface area contributed by atoms with Crippen molar-refractivity contribution < 1.29 is 14.6 Å². The normalized spacial score (nSPS) is 18.3. The lowest BCUT2D eigenvalue weighted by Crippen LogP contribution is -2.27. The summed E-state index contributed by atoms with van der Waals surface area (Å²) in [5.41, 5.74) is 3.79. The number of aliphatic carboxylic acids is 1. The number of rotatable bonds is 7. The van der Waals surface area contributed by atoms with Gasteiger partial charge in [-0.3, -0.25) is 9.48 Å². The van der Waals surface area contributed by atoms with Gasteiger partial charge < -0.3 is 14.4 Å². The van der Waals surface area contributed by atoms with Crippen molar-refractivity contribution in [3.63, 3.8) is 0 Å². The van der Waals surface area contributed by atoms with E-state index < -0.39 is 11.9 Å². The van der Waals surface area contributed by atoms with Crippen molar-refractivity contribution in [3.05, 3.63) is 76.3 Å². The van der Waals surface area contributed by atoms with Gasteiger partial charge in [-0.1, -0.05) is 40.9 Å². The summed E-state index contributed by atoms with van der Waals surface area (Å²) in [6.07, 6.45) is 5.40. The monoisotopic (exact) mass is 522 g/mol. The maximum Gasteiger partial charge on any atom is 0.307 e. The van der Waals surface area contributed by atoms with E-state index in [-0.39, 0.29) is 5.92 Å². The summed E-state index contributed by atoms with van der Waals surface area (Å²) < 4.78 is 11.0. The van der Waals surface area contributed by atoms with Gasteiger partial charge in [0, 0.05) is 36.2 Å². The summed E-state index contributed by atoms with van der Waals surface area (Å²) in [7, 11) is 1.88. The van der Waals surface area contributed by atoms with Gasteiger partial charge in [0.25, 0.3) is 0 Å². The number of hydrogen-bond acceptors (Lipinski definition) is 4. The average molecular weight is 523 g/mol. The van der Waals surface area contributed by atoms with Gasteiger partial charge in [0.05, 0.1) is 22.6 Å². The Morgan fingerprint density at radius 1 is 1.15 bits per heavy atom. The highest BCUT2D eigenvalue weighted by molar-refractivity contribution is 9.10. The van der Waals surface area contributed by atoms with Crippen molar-refractivity contribution in [1.29, 1.82) is 0 Å². The van der Waals surface area contributed by atoms with Crippen molar-refractivity contribution in [2.24, 2.45) is 13.0 Å². The smallest absolute Gasteiger partial charge is 0.307 e. The highest BCUT2D eigenvalue weighted by atomic mass is 79.9. The molecule has 0 saturated heterocycles. The van der Waals surface area contributed by atoms with E-state index in [4.69, 9.17) is 9.72 Å². The van der Waals surface area contributed by atoms with Crippen LogP contribution < -0.4 is 4.74 Å². The van der Waals surface area contributed by atoms with Gasteiger partial charge in [-0.2, -0.15) is 5.10 Å². The molecule has 0 aliphatic heterocycles. The Labute approximate surface area is 206 Å². The average Bonchev–Trinajstić information content (AvgIpc) is 3.42. The number of nitrogens with zero attached hydrogens (tertiary/aromatic N) is 4. The molecule has 2 atom stereocenters. The molecular formula is C26H27BrN4O3. The van der Waals surface area contributed by atoms with Crippen LogP contribution in [0.5, 0.6) is 5.75 Å². The fraction of sp³-hybridized carbons (Fsp3) is 0.346. The molecule has 2 heterocycles. The summed E-state index contributed by atoms with van der Waals surface area (Å²) in [6.45, 7) is 0.995. The molecule has 4 aromatic rings. The second-order valence-electron chi connectivity index (χ2n) is 8.94. The minimum atomic E-state index is -0.730. The van der Waals surface area contributed by atoms with E-state index in [1.54, 1.807) is 4.68 Å². The predicted octanol–water partition coefficient (Wildman–Crippen LogP) is 5.52. The second kappa shape index (κ2) is 9.62. The zero-order chi connectivity index (χ0) is 23.7. The molecule has 0 radical (unpaired) electrons. The largest absolute Gasteiger partial charge is 0.487 e.